The Balaban J connectivity index is 1.85. The van der Waals surface area contributed by atoms with E-state index in [1.165, 1.54) is 38.5 Å². The molecule has 5 nitrogen and oxygen atoms in total. The second kappa shape index (κ2) is 6.99. The maximum atomic E-state index is 11.5. The summed E-state index contributed by atoms with van der Waals surface area (Å²) in [6.45, 7) is 4.26. The van der Waals surface area contributed by atoms with E-state index in [0.717, 1.165) is 19.0 Å². The van der Waals surface area contributed by atoms with Crippen molar-refractivity contribution in [2.45, 2.75) is 45.4 Å². The number of rotatable bonds is 4. The first-order valence-electron chi connectivity index (χ1n) is 8.16. The molecule has 0 aromatic heterocycles. The van der Waals surface area contributed by atoms with E-state index >= 15 is 0 Å². The fourth-order valence-corrected chi connectivity index (χ4v) is 4.32. The topological polar surface area (TPSA) is 61.8 Å². The smallest absolute Gasteiger partial charge is 0.193 e. The first kappa shape index (κ1) is 16.6. The summed E-state index contributed by atoms with van der Waals surface area (Å²) >= 11 is 0. The molecular formula is C15H29N3O2S. The van der Waals surface area contributed by atoms with E-state index in [9.17, 15) is 8.42 Å². The fraction of sp³-hybridized carbons (Fsp3) is 0.933. The highest BCUT2D eigenvalue weighted by molar-refractivity contribution is 7.91. The molecule has 0 atom stereocenters. The van der Waals surface area contributed by atoms with Gasteiger partial charge < -0.3 is 10.2 Å². The van der Waals surface area contributed by atoms with Crippen LogP contribution in [0.4, 0.5) is 0 Å². The number of sulfone groups is 1. The summed E-state index contributed by atoms with van der Waals surface area (Å²) in [5.41, 5.74) is 0.491. The first-order chi connectivity index (χ1) is 10.0. The Kier molecular flexibility index (Phi) is 5.52. The number of nitrogens with zero attached hydrogens (tertiary/aromatic N) is 2. The predicted molar refractivity (Wildman–Crippen MR) is 87.4 cm³/mol. The van der Waals surface area contributed by atoms with Crippen molar-refractivity contribution in [3.63, 3.8) is 0 Å². The number of hydrogen-bond donors (Lipinski definition) is 1. The Morgan fingerprint density at radius 3 is 2.57 bits per heavy atom. The molecule has 1 N–H and O–H groups in total. The third kappa shape index (κ3) is 4.34. The lowest BCUT2D eigenvalue weighted by Gasteiger charge is -2.33. The summed E-state index contributed by atoms with van der Waals surface area (Å²) in [7, 11) is -1.13. The van der Waals surface area contributed by atoms with Crippen molar-refractivity contribution < 1.29 is 8.42 Å². The highest BCUT2D eigenvalue weighted by Crippen LogP contribution is 2.43. The molecular weight excluding hydrogens is 286 g/mol. The lowest BCUT2D eigenvalue weighted by atomic mass is 9.73. The molecule has 0 aromatic carbocycles. The van der Waals surface area contributed by atoms with Gasteiger partial charge in [-0.2, -0.15) is 0 Å². The van der Waals surface area contributed by atoms with Gasteiger partial charge in [-0.15, -0.1) is 0 Å². The molecule has 0 unspecified atom stereocenters. The largest absolute Gasteiger partial charge is 0.355 e. The minimum Gasteiger partial charge on any atom is -0.355 e. The highest BCUT2D eigenvalue weighted by atomic mass is 32.2. The quantitative estimate of drug-likeness (QED) is 0.633. The number of hydrogen-bond acceptors (Lipinski definition) is 3. The van der Waals surface area contributed by atoms with Crippen LogP contribution in [-0.4, -0.2) is 57.5 Å². The van der Waals surface area contributed by atoms with Crippen LogP contribution in [-0.2, 0) is 9.84 Å². The van der Waals surface area contributed by atoms with E-state index in [2.05, 4.69) is 15.2 Å². The summed E-state index contributed by atoms with van der Waals surface area (Å²) in [5, 5.41) is 3.22. The van der Waals surface area contributed by atoms with Gasteiger partial charge in [-0.1, -0.05) is 26.2 Å². The van der Waals surface area contributed by atoms with E-state index in [1.54, 1.807) is 14.0 Å². The zero-order valence-corrected chi connectivity index (χ0v) is 14.2. The second-order valence-corrected chi connectivity index (χ2v) is 8.92. The Bertz CT molecular complexity index is 467. The minimum absolute atomic E-state index is 0.182. The van der Waals surface area contributed by atoms with Gasteiger partial charge in [0.05, 0.1) is 5.75 Å². The fourth-order valence-electron chi connectivity index (χ4n) is 3.62. The van der Waals surface area contributed by atoms with Crippen LogP contribution in [0.5, 0.6) is 0 Å². The molecule has 122 valence electrons. The zero-order valence-electron chi connectivity index (χ0n) is 13.4. The predicted octanol–water partition coefficient (Wildman–Crippen LogP) is 1.65. The number of guanidine groups is 1. The van der Waals surface area contributed by atoms with E-state index in [1.807, 2.05) is 0 Å². The van der Waals surface area contributed by atoms with Crippen molar-refractivity contribution in [1.82, 2.24) is 10.2 Å². The second-order valence-electron chi connectivity index (χ2n) is 6.44. The normalized spacial score (nSPS) is 22.8. The van der Waals surface area contributed by atoms with Gasteiger partial charge in [0.15, 0.2) is 15.8 Å². The van der Waals surface area contributed by atoms with Crippen molar-refractivity contribution in [2.75, 3.05) is 38.2 Å². The molecule has 1 aliphatic heterocycles. The molecule has 1 heterocycles. The lowest BCUT2D eigenvalue weighted by molar-refractivity contribution is 0.203. The van der Waals surface area contributed by atoms with Gasteiger partial charge in [-0.05, 0) is 24.7 Å². The van der Waals surface area contributed by atoms with E-state index in [0.29, 0.717) is 12.0 Å². The molecule has 2 rings (SSSR count). The van der Waals surface area contributed by atoms with Gasteiger partial charge in [0.25, 0.3) is 0 Å². The van der Waals surface area contributed by atoms with E-state index < -0.39 is 9.84 Å². The van der Waals surface area contributed by atoms with E-state index in [-0.39, 0.29) is 11.5 Å². The van der Waals surface area contributed by atoms with Gasteiger partial charge in [0, 0.05) is 32.4 Å². The van der Waals surface area contributed by atoms with Crippen LogP contribution in [0, 0.1) is 5.41 Å². The lowest BCUT2D eigenvalue weighted by Crippen LogP contribution is -2.43. The molecule has 1 saturated carbocycles. The van der Waals surface area contributed by atoms with Crippen molar-refractivity contribution >= 4 is 15.8 Å². The van der Waals surface area contributed by atoms with Crippen molar-refractivity contribution in [1.29, 1.82) is 0 Å². The molecule has 6 heteroatoms. The van der Waals surface area contributed by atoms with Gasteiger partial charge >= 0.3 is 0 Å². The molecule has 0 aromatic rings. The highest BCUT2D eigenvalue weighted by Gasteiger charge is 2.39. The molecule has 0 radical (unpaired) electrons. The average molecular weight is 315 g/mol. The number of aliphatic imine (C=N–C) groups is 1. The van der Waals surface area contributed by atoms with Gasteiger partial charge in [0.2, 0.25) is 0 Å². The first-order valence-corrected chi connectivity index (χ1v) is 9.98. The Morgan fingerprint density at radius 2 is 1.95 bits per heavy atom. The third-order valence-corrected chi connectivity index (χ3v) is 6.71. The molecule has 0 amide bonds. The molecule has 0 bridgehead atoms. The number of likely N-dealkylation sites (tertiary alicyclic amines) is 1. The van der Waals surface area contributed by atoms with Crippen LogP contribution in [0.3, 0.4) is 0 Å². The minimum atomic E-state index is -2.91. The molecule has 1 spiro atoms. The summed E-state index contributed by atoms with van der Waals surface area (Å²) in [6, 6.07) is 0. The monoisotopic (exact) mass is 315 g/mol. The van der Waals surface area contributed by atoms with E-state index in [4.69, 9.17) is 0 Å². The molecule has 1 saturated heterocycles. The van der Waals surface area contributed by atoms with Crippen LogP contribution < -0.4 is 5.32 Å². The van der Waals surface area contributed by atoms with Crippen LogP contribution in [0.25, 0.3) is 0 Å². The van der Waals surface area contributed by atoms with Crippen molar-refractivity contribution in [3.05, 3.63) is 0 Å². The molecule has 2 fully saturated rings. The standard InChI is InChI=1S/C15H29N3O2S/c1-3-21(19,20)12-10-17-14(16-2)18-11-9-15(13-18)7-5-4-6-8-15/h3-13H2,1-2H3,(H,16,17). The SMILES string of the molecule is CCS(=O)(=O)CCNC(=NC)N1CCC2(CCCCC2)C1. The van der Waals surface area contributed by atoms with Gasteiger partial charge in [0.1, 0.15) is 0 Å². The molecule has 2 aliphatic rings. The average Bonchev–Trinajstić information content (AvgIpc) is 2.88. The summed E-state index contributed by atoms with van der Waals surface area (Å²) in [6.07, 6.45) is 8.02. The van der Waals surface area contributed by atoms with Crippen molar-refractivity contribution in [3.8, 4) is 0 Å². The summed E-state index contributed by atoms with van der Waals surface area (Å²) < 4.78 is 23.1. The zero-order chi connectivity index (χ0) is 15.3. The Hall–Kier alpha value is -0.780. The summed E-state index contributed by atoms with van der Waals surface area (Å²) in [5.74, 6) is 1.26. The molecule has 1 aliphatic carbocycles. The maximum absolute atomic E-state index is 11.5. The van der Waals surface area contributed by atoms with Crippen LogP contribution in [0.1, 0.15) is 45.4 Å². The van der Waals surface area contributed by atoms with Crippen LogP contribution in [0.2, 0.25) is 0 Å². The third-order valence-electron chi connectivity index (χ3n) is 5.00. The van der Waals surface area contributed by atoms with Crippen molar-refractivity contribution in [2.24, 2.45) is 10.4 Å². The maximum Gasteiger partial charge on any atom is 0.193 e. The number of nitrogens with one attached hydrogen (secondary N) is 1. The Morgan fingerprint density at radius 1 is 1.24 bits per heavy atom. The van der Waals surface area contributed by atoms with Crippen LogP contribution >= 0.6 is 0 Å². The van der Waals surface area contributed by atoms with Crippen LogP contribution in [0.15, 0.2) is 4.99 Å². The van der Waals surface area contributed by atoms with Gasteiger partial charge in [-0.25, -0.2) is 8.42 Å². The molecule has 21 heavy (non-hydrogen) atoms. The van der Waals surface area contributed by atoms with Gasteiger partial charge in [-0.3, -0.25) is 4.99 Å². The Labute approximate surface area is 129 Å². The summed E-state index contributed by atoms with van der Waals surface area (Å²) in [4.78, 5) is 6.64.